The summed E-state index contributed by atoms with van der Waals surface area (Å²) in [7, 11) is 0. The molecule has 0 saturated carbocycles. The molecule has 0 saturated heterocycles. The van der Waals surface area contributed by atoms with Gasteiger partial charge < -0.3 is 4.74 Å². The molecule has 1 aromatic heterocycles. The van der Waals surface area contributed by atoms with Crippen LogP contribution in [0, 0.1) is 11.6 Å². The van der Waals surface area contributed by atoms with Gasteiger partial charge in [-0.3, -0.25) is 10.7 Å². The Morgan fingerprint density at radius 3 is 2.58 bits per heavy atom. The Kier molecular flexibility index (Phi) is 3.76. The third-order valence-corrected chi connectivity index (χ3v) is 2.28. The summed E-state index contributed by atoms with van der Waals surface area (Å²) >= 11 is 0. The summed E-state index contributed by atoms with van der Waals surface area (Å²) in [4.78, 5) is 18.9. The van der Waals surface area contributed by atoms with Gasteiger partial charge in [-0.15, -0.1) is 0 Å². The molecule has 2 aromatic rings. The second-order valence-corrected chi connectivity index (χ2v) is 3.48. The summed E-state index contributed by atoms with van der Waals surface area (Å²) < 4.78 is 31.7. The molecule has 0 amide bonds. The van der Waals surface area contributed by atoms with E-state index in [2.05, 4.69) is 14.7 Å². The van der Waals surface area contributed by atoms with E-state index in [0.29, 0.717) is 0 Å². The van der Waals surface area contributed by atoms with Gasteiger partial charge in [0, 0.05) is 0 Å². The Morgan fingerprint density at radius 2 is 1.95 bits per heavy atom. The highest BCUT2D eigenvalue weighted by Crippen LogP contribution is 2.23. The second-order valence-electron chi connectivity index (χ2n) is 3.48. The predicted molar refractivity (Wildman–Crippen MR) is 61.9 cm³/mol. The third kappa shape index (κ3) is 2.71. The number of esters is 1. The van der Waals surface area contributed by atoms with Gasteiger partial charge in [-0.25, -0.2) is 18.6 Å². The first-order chi connectivity index (χ1) is 9.13. The summed E-state index contributed by atoms with van der Waals surface area (Å²) in [5.74, 6) is -2.40. The van der Waals surface area contributed by atoms with Crippen LogP contribution in [0.2, 0.25) is 0 Å². The number of hydrogen-bond donors (Lipinski definition) is 1. The molecule has 0 aliphatic carbocycles. The van der Waals surface area contributed by atoms with Crippen molar-refractivity contribution in [2.75, 3.05) is 6.73 Å². The molecule has 7 heteroatoms. The molecule has 0 spiro atoms. The minimum absolute atomic E-state index is 0.0953. The number of nitrogens with zero attached hydrogens (tertiary/aromatic N) is 2. The van der Waals surface area contributed by atoms with E-state index < -0.39 is 17.6 Å². The molecule has 0 aliphatic heterocycles. The Balaban J connectivity index is 2.47. The molecule has 0 radical (unpaired) electrons. The first-order valence-corrected chi connectivity index (χ1v) is 5.27. The first-order valence-electron chi connectivity index (χ1n) is 5.27. The topological polar surface area (TPSA) is 78.1 Å². The van der Waals surface area contributed by atoms with E-state index in [1.165, 1.54) is 6.07 Å². The highest BCUT2D eigenvalue weighted by Gasteiger charge is 2.16. The standard InChI is InChI=1S/C12H9F2N3O2/c13-7-2-1-3-8(14)11(7)9-4-16-5-10(17-9)12(18)19-6-15/h1-5H,6,15H2. The molecule has 0 bridgehead atoms. The van der Waals surface area contributed by atoms with Gasteiger partial charge in [0.25, 0.3) is 0 Å². The monoisotopic (exact) mass is 265 g/mol. The Bertz CT molecular complexity index is 599. The number of ether oxygens (including phenoxy) is 1. The van der Waals surface area contributed by atoms with Crippen LogP contribution in [0.4, 0.5) is 8.78 Å². The zero-order valence-electron chi connectivity index (χ0n) is 9.64. The zero-order valence-corrected chi connectivity index (χ0v) is 9.64. The Morgan fingerprint density at radius 1 is 1.26 bits per heavy atom. The normalized spacial score (nSPS) is 10.3. The molecule has 5 nitrogen and oxygen atoms in total. The largest absolute Gasteiger partial charge is 0.445 e. The molecule has 0 atom stereocenters. The van der Waals surface area contributed by atoms with Crippen molar-refractivity contribution in [1.29, 1.82) is 0 Å². The van der Waals surface area contributed by atoms with Crippen molar-refractivity contribution in [3.05, 3.63) is 47.9 Å². The lowest BCUT2D eigenvalue weighted by molar-refractivity contribution is 0.0508. The molecule has 0 aliphatic rings. The number of hydrogen-bond acceptors (Lipinski definition) is 5. The van der Waals surface area contributed by atoms with Crippen LogP contribution in [-0.4, -0.2) is 22.7 Å². The molecule has 2 rings (SSSR count). The van der Waals surface area contributed by atoms with Crippen molar-refractivity contribution in [2.24, 2.45) is 5.73 Å². The summed E-state index contributed by atoms with van der Waals surface area (Å²) in [5, 5.41) is 0. The van der Waals surface area contributed by atoms with Crippen LogP contribution in [0.5, 0.6) is 0 Å². The van der Waals surface area contributed by atoms with E-state index in [-0.39, 0.29) is 23.7 Å². The van der Waals surface area contributed by atoms with Crippen LogP contribution in [-0.2, 0) is 4.74 Å². The smallest absolute Gasteiger partial charge is 0.359 e. The van der Waals surface area contributed by atoms with Crippen molar-refractivity contribution in [2.45, 2.75) is 0 Å². The highest BCUT2D eigenvalue weighted by molar-refractivity contribution is 5.87. The van der Waals surface area contributed by atoms with E-state index >= 15 is 0 Å². The van der Waals surface area contributed by atoms with Gasteiger partial charge in [0.05, 0.1) is 23.7 Å². The number of aromatic nitrogens is 2. The summed E-state index contributed by atoms with van der Waals surface area (Å²) in [6.07, 6.45) is 2.28. The third-order valence-electron chi connectivity index (χ3n) is 2.28. The average molecular weight is 265 g/mol. The Labute approximate surface area is 107 Å². The molecular weight excluding hydrogens is 256 g/mol. The Hall–Kier alpha value is -2.41. The number of halogens is 2. The van der Waals surface area contributed by atoms with E-state index in [1.54, 1.807) is 0 Å². The van der Waals surface area contributed by atoms with Gasteiger partial charge in [0.1, 0.15) is 18.4 Å². The van der Waals surface area contributed by atoms with Crippen LogP contribution in [0.25, 0.3) is 11.3 Å². The van der Waals surface area contributed by atoms with Gasteiger partial charge in [-0.1, -0.05) is 6.07 Å². The van der Waals surface area contributed by atoms with E-state index in [4.69, 9.17) is 5.73 Å². The molecule has 19 heavy (non-hydrogen) atoms. The lowest BCUT2D eigenvalue weighted by atomic mass is 10.1. The minimum Gasteiger partial charge on any atom is -0.445 e. The fourth-order valence-electron chi connectivity index (χ4n) is 1.48. The van der Waals surface area contributed by atoms with Crippen molar-refractivity contribution < 1.29 is 18.3 Å². The number of nitrogens with two attached hydrogens (primary N) is 1. The quantitative estimate of drug-likeness (QED) is 0.672. The molecule has 98 valence electrons. The lowest BCUT2D eigenvalue weighted by Gasteiger charge is -2.05. The lowest BCUT2D eigenvalue weighted by Crippen LogP contribution is -2.14. The number of benzene rings is 1. The van der Waals surface area contributed by atoms with Gasteiger partial charge >= 0.3 is 5.97 Å². The van der Waals surface area contributed by atoms with Crippen molar-refractivity contribution in [3.8, 4) is 11.3 Å². The predicted octanol–water partition coefficient (Wildman–Crippen LogP) is 1.49. The minimum atomic E-state index is -0.811. The van der Waals surface area contributed by atoms with E-state index in [1.807, 2.05) is 0 Å². The number of carbonyl (C=O) groups excluding carboxylic acids is 1. The van der Waals surface area contributed by atoms with Crippen molar-refractivity contribution >= 4 is 5.97 Å². The molecule has 0 fully saturated rings. The highest BCUT2D eigenvalue weighted by atomic mass is 19.1. The molecule has 2 N–H and O–H groups in total. The van der Waals surface area contributed by atoms with Crippen LogP contribution in [0.3, 0.4) is 0 Å². The van der Waals surface area contributed by atoms with Crippen LogP contribution >= 0.6 is 0 Å². The van der Waals surface area contributed by atoms with Crippen molar-refractivity contribution in [3.63, 3.8) is 0 Å². The van der Waals surface area contributed by atoms with Gasteiger partial charge in [-0.05, 0) is 12.1 Å². The summed E-state index contributed by atoms with van der Waals surface area (Å²) in [5.41, 5.74) is 4.43. The zero-order chi connectivity index (χ0) is 13.8. The number of rotatable bonds is 3. The average Bonchev–Trinajstić information content (AvgIpc) is 2.39. The summed E-state index contributed by atoms with van der Waals surface area (Å²) in [6, 6.07) is 3.41. The van der Waals surface area contributed by atoms with Crippen molar-refractivity contribution in [1.82, 2.24) is 9.97 Å². The fraction of sp³-hybridized carbons (Fsp3) is 0.0833. The van der Waals surface area contributed by atoms with Crippen LogP contribution in [0.1, 0.15) is 10.5 Å². The first kappa shape index (κ1) is 13.0. The molecule has 1 heterocycles. The maximum absolute atomic E-state index is 13.6. The van der Waals surface area contributed by atoms with E-state index in [0.717, 1.165) is 24.5 Å². The fourth-order valence-corrected chi connectivity index (χ4v) is 1.48. The molecular formula is C12H9F2N3O2. The van der Waals surface area contributed by atoms with E-state index in [9.17, 15) is 13.6 Å². The maximum atomic E-state index is 13.6. The summed E-state index contributed by atoms with van der Waals surface area (Å²) in [6.45, 7) is -0.321. The van der Waals surface area contributed by atoms with Gasteiger partial charge in [0.2, 0.25) is 0 Å². The second kappa shape index (κ2) is 5.49. The van der Waals surface area contributed by atoms with Crippen LogP contribution < -0.4 is 5.73 Å². The van der Waals surface area contributed by atoms with Crippen LogP contribution in [0.15, 0.2) is 30.6 Å². The molecule has 0 unspecified atom stereocenters. The molecule has 1 aromatic carbocycles. The van der Waals surface area contributed by atoms with Gasteiger partial charge in [0.15, 0.2) is 5.69 Å². The van der Waals surface area contributed by atoms with Gasteiger partial charge in [-0.2, -0.15) is 0 Å². The SMILES string of the molecule is NCOC(=O)c1cncc(-c2c(F)cccc2F)n1. The number of carbonyl (C=O) groups is 1. The maximum Gasteiger partial charge on any atom is 0.359 e.